The van der Waals surface area contributed by atoms with E-state index in [1.54, 1.807) is 6.92 Å². The summed E-state index contributed by atoms with van der Waals surface area (Å²) in [5.74, 6) is 0.574. The van der Waals surface area contributed by atoms with Gasteiger partial charge in [-0.3, -0.25) is 0 Å². The number of ketones is 1. The van der Waals surface area contributed by atoms with Gasteiger partial charge in [0, 0.05) is 19.3 Å². The second kappa shape index (κ2) is 4.62. The molecule has 2 rings (SSSR count). The maximum atomic E-state index is 11.1. The fourth-order valence-corrected chi connectivity index (χ4v) is 2.75. The van der Waals surface area contributed by atoms with Crippen molar-refractivity contribution in [2.45, 2.75) is 51.2 Å². The molecule has 1 heterocycles. The fraction of sp³-hybridized carbons (Fsp3) is 0.917. The Morgan fingerprint density at radius 2 is 2.00 bits per heavy atom. The van der Waals surface area contributed by atoms with Crippen molar-refractivity contribution in [1.29, 1.82) is 0 Å². The average Bonchev–Trinajstić information content (AvgIpc) is 2.53. The Kier molecular flexibility index (Phi) is 3.42. The van der Waals surface area contributed by atoms with Crippen LogP contribution in [0.1, 0.15) is 45.4 Å². The maximum Gasteiger partial charge on any atom is 0.168 e. The first-order valence-corrected chi connectivity index (χ1v) is 5.98. The number of carbonyl (C=O) groups excluding carboxylic acids is 1. The molecule has 1 saturated heterocycles. The molecule has 0 aromatic carbocycles. The van der Waals surface area contributed by atoms with E-state index >= 15 is 0 Å². The summed E-state index contributed by atoms with van der Waals surface area (Å²) in [6.45, 7) is 3.15. The Morgan fingerprint density at radius 1 is 1.27 bits per heavy atom. The van der Waals surface area contributed by atoms with Crippen molar-refractivity contribution in [3.63, 3.8) is 0 Å². The first kappa shape index (κ1) is 11.1. The highest BCUT2D eigenvalue weighted by Gasteiger charge is 2.38. The van der Waals surface area contributed by atoms with Crippen LogP contribution >= 0.6 is 0 Å². The number of hydrogen-bond acceptors (Lipinski definition) is 3. The van der Waals surface area contributed by atoms with Crippen molar-refractivity contribution in [3.05, 3.63) is 0 Å². The summed E-state index contributed by atoms with van der Waals surface area (Å²) < 4.78 is 11.4. The van der Waals surface area contributed by atoms with Crippen LogP contribution in [0.5, 0.6) is 0 Å². The maximum absolute atomic E-state index is 11.1. The lowest BCUT2D eigenvalue weighted by molar-refractivity contribution is -0.165. The second-order valence-electron chi connectivity index (χ2n) is 4.81. The molecule has 2 fully saturated rings. The first-order chi connectivity index (χ1) is 7.20. The minimum atomic E-state index is -0.286. The number of hydrogen-bond donors (Lipinski definition) is 0. The summed E-state index contributed by atoms with van der Waals surface area (Å²) in [4.78, 5) is 11.1. The van der Waals surface area contributed by atoms with Crippen LogP contribution in [-0.2, 0) is 14.3 Å². The van der Waals surface area contributed by atoms with Gasteiger partial charge in [-0.05, 0) is 32.1 Å². The summed E-state index contributed by atoms with van der Waals surface area (Å²) in [7, 11) is 0. The number of ether oxygens (including phenoxy) is 2. The van der Waals surface area contributed by atoms with E-state index in [1.165, 1.54) is 0 Å². The van der Waals surface area contributed by atoms with Crippen molar-refractivity contribution in [2.24, 2.45) is 5.92 Å². The molecule has 2 aliphatic rings. The van der Waals surface area contributed by atoms with Crippen LogP contribution in [0.4, 0.5) is 0 Å². The lowest BCUT2D eigenvalue weighted by Crippen LogP contribution is -2.29. The van der Waals surface area contributed by atoms with Gasteiger partial charge in [0.15, 0.2) is 5.79 Å². The van der Waals surface area contributed by atoms with E-state index in [9.17, 15) is 4.79 Å². The van der Waals surface area contributed by atoms with Crippen LogP contribution in [0.15, 0.2) is 0 Å². The molecule has 0 bridgehead atoms. The van der Waals surface area contributed by atoms with Crippen molar-refractivity contribution in [1.82, 2.24) is 0 Å². The van der Waals surface area contributed by atoms with Gasteiger partial charge in [0.05, 0.1) is 13.2 Å². The summed E-state index contributed by atoms with van der Waals surface area (Å²) >= 11 is 0. The Morgan fingerprint density at radius 3 is 2.67 bits per heavy atom. The zero-order valence-corrected chi connectivity index (χ0v) is 9.46. The van der Waals surface area contributed by atoms with Crippen molar-refractivity contribution in [2.75, 3.05) is 13.2 Å². The number of rotatable bonds is 2. The third-order valence-electron chi connectivity index (χ3n) is 3.49. The largest absolute Gasteiger partial charge is 0.348 e. The van der Waals surface area contributed by atoms with E-state index < -0.39 is 0 Å². The quantitative estimate of drug-likeness (QED) is 0.704. The smallest absolute Gasteiger partial charge is 0.168 e. The lowest BCUT2D eigenvalue weighted by atomic mass is 9.95. The predicted octanol–water partition coefficient (Wildman–Crippen LogP) is 2.29. The molecule has 1 spiro atoms. The molecule has 3 heteroatoms. The van der Waals surface area contributed by atoms with Crippen LogP contribution in [0, 0.1) is 5.92 Å². The Labute approximate surface area is 91.1 Å². The normalized spacial score (nSPS) is 30.3. The molecule has 0 amide bonds. The van der Waals surface area contributed by atoms with Gasteiger partial charge in [-0.25, -0.2) is 0 Å². The van der Waals surface area contributed by atoms with Crippen LogP contribution < -0.4 is 0 Å². The standard InChI is InChI=1S/C12H20O3/c1-10(13)9-11-3-2-5-12(6-4-11)14-7-8-15-12/h11H,2-9H2,1H3. The zero-order chi connectivity index (χ0) is 10.7. The highest BCUT2D eigenvalue weighted by molar-refractivity contribution is 5.75. The van der Waals surface area contributed by atoms with E-state index in [0.717, 1.165) is 51.7 Å². The van der Waals surface area contributed by atoms with Gasteiger partial charge in [-0.1, -0.05) is 0 Å². The molecule has 1 aliphatic heterocycles. The van der Waals surface area contributed by atoms with Gasteiger partial charge in [0.25, 0.3) is 0 Å². The SMILES string of the molecule is CC(=O)CC1CCCC2(CC1)OCCO2. The molecule has 0 radical (unpaired) electrons. The van der Waals surface area contributed by atoms with E-state index in [0.29, 0.717) is 11.7 Å². The van der Waals surface area contributed by atoms with Crippen molar-refractivity contribution < 1.29 is 14.3 Å². The van der Waals surface area contributed by atoms with Crippen LogP contribution in [0.3, 0.4) is 0 Å². The topological polar surface area (TPSA) is 35.5 Å². The molecule has 1 aliphatic carbocycles. The molecule has 15 heavy (non-hydrogen) atoms. The summed E-state index contributed by atoms with van der Waals surface area (Å²) in [5, 5.41) is 0. The molecule has 0 N–H and O–H groups in total. The van der Waals surface area contributed by atoms with Gasteiger partial charge in [0.2, 0.25) is 0 Å². The van der Waals surface area contributed by atoms with Crippen LogP contribution in [0.25, 0.3) is 0 Å². The monoisotopic (exact) mass is 212 g/mol. The molecule has 1 saturated carbocycles. The van der Waals surface area contributed by atoms with Crippen LogP contribution in [-0.4, -0.2) is 24.8 Å². The van der Waals surface area contributed by atoms with Crippen LogP contribution in [0.2, 0.25) is 0 Å². The molecular formula is C12H20O3. The minimum Gasteiger partial charge on any atom is -0.348 e. The average molecular weight is 212 g/mol. The van der Waals surface area contributed by atoms with Crippen molar-refractivity contribution in [3.8, 4) is 0 Å². The van der Waals surface area contributed by atoms with Gasteiger partial charge in [-0.15, -0.1) is 0 Å². The Bertz CT molecular complexity index is 231. The van der Waals surface area contributed by atoms with Crippen molar-refractivity contribution >= 4 is 5.78 Å². The first-order valence-electron chi connectivity index (χ1n) is 5.98. The Balaban J connectivity index is 1.88. The van der Waals surface area contributed by atoms with E-state index in [-0.39, 0.29) is 5.79 Å². The number of carbonyl (C=O) groups is 1. The van der Waals surface area contributed by atoms with E-state index in [1.807, 2.05) is 0 Å². The third kappa shape index (κ3) is 2.79. The molecule has 3 nitrogen and oxygen atoms in total. The highest BCUT2D eigenvalue weighted by Crippen LogP contribution is 2.37. The Hall–Kier alpha value is -0.410. The molecule has 0 aromatic heterocycles. The minimum absolute atomic E-state index is 0.286. The van der Waals surface area contributed by atoms with E-state index in [4.69, 9.17) is 9.47 Å². The van der Waals surface area contributed by atoms with E-state index in [2.05, 4.69) is 0 Å². The van der Waals surface area contributed by atoms with Gasteiger partial charge in [0.1, 0.15) is 5.78 Å². The molecular weight excluding hydrogens is 192 g/mol. The lowest BCUT2D eigenvalue weighted by Gasteiger charge is -2.25. The summed E-state index contributed by atoms with van der Waals surface area (Å²) in [6, 6.07) is 0. The fourth-order valence-electron chi connectivity index (χ4n) is 2.75. The number of Topliss-reactive ketones (excluding diaryl/α,β-unsaturated/α-hetero) is 1. The van der Waals surface area contributed by atoms with Gasteiger partial charge < -0.3 is 14.3 Å². The third-order valence-corrected chi connectivity index (χ3v) is 3.49. The summed E-state index contributed by atoms with van der Waals surface area (Å²) in [6.07, 6.45) is 6.04. The van der Waals surface area contributed by atoms with Gasteiger partial charge >= 0.3 is 0 Å². The van der Waals surface area contributed by atoms with Gasteiger partial charge in [-0.2, -0.15) is 0 Å². The summed E-state index contributed by atoms with van der Waals surface area (Å²) in [5.41, 5.74) is 0. The molecule has 1 atom stereocenters. The zero-order valence-electron chi connectivity index (χ0n) is 9.46. The molecule has 0 aromatic rings. The molecule has 86 valence electrons. The molecule has 1 unspecified atom stereocenters. The predicted molar refractivity (Wildman–Crippen MR) is 56.5 cm³/mol. The second-order valence-corrected chi connectivity index (χ2v) is 4.81. The highest BCUT2D eigenvalue weighted by atomic mass is 16.7.